The van der Waals surface area contributed by atoms with Crippen molar-refractivity contribution in [3.05, 3.63) is 29.6 Å². The lowest BCUT2D eigenvalue weighted by molar-refractivity contribution is 0.0693. The maximum absolute atomic E-state index is 13.5. The van der Waals surface area contributed by atoms with Gasteiger partial charge in [0.1, 0.15) is 11.4 Å². The number of carboxylic acids is 1. The fourth-order valence-corrected chi connectivity index (χ4v) is 2.96. The van der Waals surface area contributed by atoms with Crippen LogP contribution < -0.4 is 10.6 Å². The summed E-state index contributed by atoms with van der Waals surface area (Å²) in [5.41, 5.74) is -0.610. The molecule has 3 unspecified atom stereocenters. The molecule has 2 fully saturated rings. The quantitative estimate of drug-likeness (QED) is 0.795. The van der Waals surface area contributed by atoms with Gasteiger partial charge in [0.05, 0.1) is 23.9 Å². The topological polar surface area (TPSA) is 87.7 Å². The number of nitrogens with one attached hydrogen (secondary N) is 2. The molecule has 7 heteroatoms. The van der Waals surface area contributed by atoms with Crippen LogP contribution in [0, 0.1) is 5.82 Å². The third-order valence-electron chi connectivity index (χ3n) is 3.90. The van der Waals surface area contributed by atoms with Crippen molar-refractivity contribution in [3.63, 3.8) is 0 Å². The molecule has 2 amide bonds. The summed E-state index contributed by atoms with van der Waals surface area (Å²) in [5, 5.41) is 14.1. The Hall–Kier alpha value is -2.15. The van der Waals surface area contributed by atoms with E-state index in [1.54, 1.807) is 0 Å². The minimum absolute atomic E-state index is 0.0206. The lowest BCUT2D eigenvalue weighted by Gasteiger charge is -2.20. The summed E-state index contributed by atoms with van der Waals surface area (Å²) < 4.78 is 19.1. The summed E-state index contributed by atoms with van der Waals surface area (Å²) in [4.78, 5) is 23.0. The molecule has 0 radical (unpaired) electrons. The number of benzene rings is 1. The number of halogens is 1. The second-order valence-electron chi connectivity index (χ2n) is 5.28. The molecular formula is C14H15FN2O4. The summed E-state index contributed by atoms with van der Waals surface area (Å²) >= 11 is 0. The maximum atomic E-state index is 13.5. The fourth-order valence-electron chi connectivity index (χ4n) is 2.96. The lowest BCUT2D eigenvalue weighted by Crippen LogP contribution is -2.43. The highest BCUT2D eigenvalue weighted by Crippen LogP contribution is 2.34. The Kier molecular flexibility index (Phi) is 3.50. The first-order valence-electron chi connectivity index (χ1n) is 6.79. The monoisotopic (exact) mass is 294 g/mol. The van der Waals surface area contributed by atoms with Gasteiger partial charge in [0.15, 0.2) is 0 Å². The van der Waals surface area contributed by atoms with E-state index in [4.69, 9.17) is 9.84 Å². The molecule has 0 spiro atoms. The van der Waals surface area contributed by atoms with Crippen LogP contribution in [0.4, 0.5) is 14.9 Å². The van der Waals surface area contributed by atoms with Crippen molar-refractivity contribution in [2.75, 3.05) is 5.32 Å². The molecule has 21 heavy (non-hydrogen) atoms. The highest BCUT2D eigenvalue weighted by atomic mass is 19.1. The standard InChI is InChI=1S/C14H15FN2O4/c15-8-2-1-3-9(12(8)13(18)19)16-14(20)17-10-6-7-4-5-11(10)21-7/h1-3,7,10-11H,4-6H2,(H,18,19)(H2,16,17,20). The number of carboxylic acid groups (broad SMARTS) is 1. The SMILES string of the molecule is O=C(Nc1cccc(F)c1C(=O)O)NC1CC2CCC1O2. The summed E-state index contributed by atoms with van der Waals surface area (Å²) in [6.07, 6.45) is 2.90. The smallest absolute Gasteiger partial charge is 0.340 e. The van der Waals surface area contributed by atoms with E-state index >= 15 is 0 Å². The second kappa shape index (κ2) is 5.33. The van der Waals surface area contributed by atoms with Crippen LogP contribution >= 0.6 is 0 Å². The first-order valence-corrected chi connectivity index (χ1v) is 6.79. The summed E-state index contributed by atoms with van der Waals surface area (Å²) in [7, 11) is 0. The first-order chi connectivity index (χ1) is 10.0. The normalized spacial score (nSPS) is 26.6. The predicted octanol–water partition coefficient (Wildman–Crippen LogP) is 1.97. The van der Waals surface area contributed by atoms with Crippen molar-refractivity contribution < 1.29 is 23.8 Å². The molecule has 2 aliphatic heterocycles. The number of hydrogen-bond acceptors (Lipinski definition) is 3. The molecule has 2 saturated heterocycles. The fraction of sp³-hybridized carbons (Fsp3) is 0.429. The van der Waals surface area contributed by atoms with E-state index in [2.05, 4.69) is 10.6 Å². The van der Waals surface area contributed by atoms with Crippen molar-refractivity contribution in [1.29, 1.82) is 0 Å². The average Bonchev–Trinajstić information content (AvgIpc) is 3.00. The number of hydrogen-bond donors (Lipinski definition) is 3. The van der Waals surface area contributed by atoms with Gasteiger partial charge in [-0.1, -0.05) is 6.07 Å². The van der Waals surface area contributed by atoms with Crippen LogP contribution in [0.5, 0.6) is 0 Å². The van der Waals surface area contributed by atoms with E-state index in [9.17, 15) is 14.0 Å². The van der Waals surface area contributed by atoms with E-state index in [1.165, 1.54) is 12.1 Å². The minimum atomic E-state index is -1.42. The van der Waals surface area contributed by atoms with E-state index in [0.717, 1.165) is 25.3 Å². The zero-order valence-electron chi connectivity index (χ0n) is 11.1. The van der Waals surface area contributed by atoms with E-state index in [0.29, 0.717) is 0 Å². The van der Waals surface area contributed by atoms with E-state index < -0.39 is 23.4 Å². The zero-order chi connectivity index (χ0) is 15.0. The van der Waals surface area contributed by atoms with Gasteiger partial charge in [-0.05, 0) is 31.4 Å². The summed E-state index contributed by atoms with van der Waals surface area (Å²) in [5.74, 6) is -2.31. The third kappa shape index (κ3) is 2.69. The Balaban J connectivity index is 1.68. The number of anilines is 1. The molecular weight excluding hydrogens is 279 g/mol. The molecule has 3 N–H and O–H groups in total. The lowest BCUT2D eigenvalue weighted by atomic mass is 9.96. The van der Waals surface area contributed by atoms with Crippen LogP contribution in [-0.2, 0) is 4.74 Å². The van der Waals surface area contributed by atoms with Crippen LogP contribution in [0.15, 0.2) is 18.2 Å². The third-order valence-corrected chi connectivity index (χ3v) is 3.90. The first kappa shape index (κ1) is 13.8. The molecule has 6 nitrogen and oxygen atoms in total. The Morgan fingerprint density at radius 3 is 2.76 bits per heavy atom. The van der Waals surface area contributed by atoms with Gasteiger partial charge in [0, 0.05) is 0 Å². The molecule has 3 atom stereocenters. The Bertz CT molecular complexity index is 592. The molecule has 3 rings (SSSR count). The number of amides is 2. The highest BCUT2D eigenvalue weighted by molar-refractivity contribution is 6.00. The molecule has 0 aliphatic carbocycles. The van der Waals surface area contributed by atoms with Crippen LogP contribution in [0.2, 0.25) is 0 Å². The molecule has 112 valence electrons. The number of fused-ring (bicyclic) bond motifs is 2. The molecule has 0 saturated carbocycles. The van der Waals surface area contributed by atoms with Crippen molar-refractivity contribution in [2.24, 2.45) is 0 Å². The maximum Gasteiger partial charge on any atom is 0.340 e. The molecule has 2 aliphatic rings. The van der Waals surface area contributed by atoms with Crippen LogP contribution in [0.3, 0.4) is 0 Å². The van der Waals surface area contributed by atoms with Crippen LogP contribution in [0.1, 0.15) is 29.6 Å². The number of aromatic carboxylic acids is 1. The van der Waals surface area contributed by atoms with Gasteiger partial charge in [-0.15, -0.1) is 0 Å². The van der Waals surface area contributed by atoms with Crippen molar-refractivity contribution in [3.8, 4) is 0 Å². The van der Waals surface area contributed by atoms with Gasteiger partial charge in [0.2, 0.25) is 0 Å². The van der Waals surface area contributed by atoms with E-state index in [-0.39, 0.29) is 23.9 Å². The second-order valence-corrected chi connectivity index (χ2v) is 5.28. The number of rotatable bonds is 3. The van der Waals surface area contributed by atoms with Gasteiger partial charge in [-0.25, -0.2) is 14.0 Å². The van der Waals surface area contributed by atoms with Gasteiger partial charge in [-0.2, -0.15) is 0 Å². The average molecular weight is 294 g/mol. The van der Waals surface area contributed by atoms with Crippen molar-refractivity contribution >= 4 is 17.7 Å². The summed E-state index contributed by atoms with van der Waals surface area (Å²) in [6.45, 7) is 0. The van der Waals surface area contributed by atoms with Gasteiger partial charge in [0.25, 0.3) is 0 Å². The number of urea groups is 1. The molecule has 1 aromatic carbocycles. The Morgan fingerprint density at radius 1 is 1.33 bits per heavy atom. The zero-order valence-corrected chi connectivity index (χ0v) is 11.1. The van der Waals surface area contributed by atoms with Gasteiger partial charge in [-0.3, -0.25) is 0 Å². The van der Waals surface area contributed by atoms with Gasteiger partial charge < -0.3 is 20.5 Å². The molecule has 0 aromatic heterocycles. The largest absolute Gasteiger partial charge is 0.478 e. The molecule has 1 aromatic rings. The predicted molar refractivity (Wildman–Crippen MR) is 71.8 cm³/mol. The van der Waals surface area contributed by atoms with Crippen molar-refractivity contribution in [1.82, 2.24) is 5.32 Å². The molecule has 2 bridgehead atoms. The number of ether oxygens (including phenoxy) is 1. The molecule has 2 heterocycles. The van der Waals surface area contributed by atoms with Crippen molar-refractivity contribution in [2.45, 2.75) is 37.5 Å². The number of carbonyl (C=O) groups excluding carboxylic acids is 1. The number of carbonyl (C=O) groups is 2. The minimum Gasteiger partial charge on any atom is -0.478 e. The Morgan fingerprint density at radius 2 is 2.14 bits per heavy atom. The van der Waals surface area contributed by atoms with Crippen LogP contribution in [-0.4, -0.2) is 35.4 Å². The van der Waals surface area contributed by atoms with Crippen LogP contribution in [0.25, 0.3) is 0 Å². The van der Waals surface area contributed by atoms with Gasteiger partial charge >= 0.3 is 12.0 Å². The summed E-state index contributed by atoms with van der Waals surface area (Å²) in [6, 6.07) is 3.10. The highest BCUT2D eigenvalue weighted by Gasteiger charge is 2.41. The Labute approximate surface area is 120 Å². The van der Waals surface area contributed by atoms with E-state index in [1.807, 2.05) is 0 Å².